The van der Waals surface area contributed by atoms with Crippen LogP contribution in [-0.4, -0.2) is 23.5 Å². The number of carbonyl (C=O) groups is 1. The van der Waals surface area contributed by atoms with Crippen LogP contribution in [0.15, 0.2) is 0 Å². The molecule has 3 heteroatoms. The van der Waals surface area contributed by atoms with Crippen molar-refractivity contribution in [1.29, 1.82) is 0 Å². The fourth-order valence-electron chi connectivity index (χ4n) is 9.54. The van der Waals surface area contributed by atoms with Crippen LogP contribution < -0.4 is 0 Å². The topological polar surface area (TPSA) is 17.1 Å². The van der Waals surface area contributed by atoms with Gasteiger partial charge in [-0.15, -0.1) is 0 Å². The number of ketones is 1. The molecule has 0 heterocycles. The van der Waals surface area contributed by atoms with E-state index in [0.29, 0.717) is 22.4 Å². The van der Waals surface area contributed by atoms with Crippen molar-refractivity contribution in [2.24, 2.45) is 52.3 Å². The summed E-state index contributed by atoms with van der Waals surface area (Å²) in [5.74, 6) is 5.64. The molecule has 4 aliphatic rings. The van der Waals surface area contributed by atoms with Crippen molar-refractivity contribution < 1.29 is 4.79 Å². The van der Waals surface area contributed by atoms with E-state index in [9.17, 15) is 4.79 Å². The predicted molar refractivity (Wildman–Crippen MR) is 143 cm³/mol. The maximum atomic E-state index is 13.6. The van der Waals surface area contributed by atoms with E-state index in [4.69, 9.17) is 10.7 Å². The Morgan fingerprint density at radius 3 is 2.28 bits per heavy atom. The molecule has 0 spiro atoms. The molecule has 0 saturated heterocycles. The van der Waals surface area contributed by atoms with Gasteiger partial charge >= 0.3 is 0 Å². The summed E-state index contributed by atoms with van der Waals surface area (Å²) < 4.78 is 0. The number of fused-ring (bicyclic) bond motifs is 5. The Bertz CT molecular complexity index is 698. The second kappa shape index (κ2) is 9.07. The summed E-state index contributed by atoms with van der Waals surface area (Å²) in [5, 5.41) is 0.569. The van der Waals surface area contributed by atoms with E-state index in [0.717, 1.165) is 42.4 Å². The van der Waals surface area contributed by atoms with Gasteiger partial charge in [0, 0.05) is 17.6 Å². The minimum Gasteiger partial charge on any atom is -0.299 e. The molecular formula is C29H51ClOS. The van der Waals surface area contributed by atoms with Crippen molar-refractivity contribution in [3.05, 3.63) is 0 Å². The Morgan fingerprint density at radius 2 is 1.62 bits per heavy atom. The number of carbonyl (C=O) groups excluding carboxylic acids is 1. The summed E-state index contributed by atoms with van der Waals surface area (Å²) in [7, 11) is 5.75. The van der Waals surface area contributed by atoms with Crippen LogP contribution in [0, 0.1) is 52.3 Å². The first-order valence-electron chi connectivity index (χ1n) is 13.8. The minimum absolute atomic E-state index is 0.236. The van der Waals surface area contributed by atoms with E-state index < -0.39 is 9.24 Å². The van der Waals surface area contributed by atoms with Crippen molar-refractivity contribution in [3.63, 3.8) is 0 Å². The maximum absolute atomic E-state index is 13.6. The summed E-state index contributed by atoms with van der Waals surface area (Å²) in [6.45, 7) is 12.4. The monoisotopic (exact) mass is 482 g/mol. The molecule has 0 radical (unpaired) electrons. The molecule has 4 aliphatic carbocycles. The summed E-state index contributed by atoms with van der Waals surface area (Å²) in [4.78, 5) is 13.6. The zero-order valence-electron chi connectivity index (χ0n) is 22.1. The molecule has 0 amide bonds. The zero-order valence-corrected chi connectivity index (χ0v) is 23.7. The molecule has 186 valence electrons. The molecule has 0 aliphatic heterocycles. The van der Waals surface area contributed by atoms with Crippen LogP contribution in [0.4, 0.5) is 0 Å². The smallest absolute Gasteiger partial charge is 0.136 e. The third kappa shape index (κ3) is 4.36. The Morgan fingerprint density at radius 1 is 0.969 bits per heavy atom. The van der Waals surface area contributed by atoms with Gasteiger partial charge in [0.05, 0.1) is 0 Å². The van der Waals surface area contributed by atoms with Crippen molar-refractivity contribution in [2.75, 3.05) is 12.5 Å². The lowest BCUT2D eigenvalue weighted by Crippen LogP contribution is -2.57. The third-order valence-corrected chi connectivity index (χ3v) is 14.2. The number of hydrogen-bond acceptors (Lipinski definition) is 1. The van der Waals surface area contributed by atoms with E-state index in [-0.39, 0.29) is 11.3 Å². The highest BCUT2D eigenvalue weighted by Crippen LogP contribution is 2.69. The molecule has 0 aromatic carbocycles. The normalized spacial score (nSPS) is 45.8. The molecule has 0 aromatic rings. The maximum Gasteiger partial charge on any atom is 0.136 e. The Hall–Kier alpha value is 0.310. The molecule has 4 fully saturated rings. The largest absolute Gasteiger partial charge is 0.299 e. The summed E-state index contributed by atoms with van der Waals surface area (Å²) in [5.41, 5.74) is 0.710. The lowest BCUT2D eigenvalue weighted by Gasteiger charge is -2.61. The molecule has 32 heavy (non-hydrogen) atoms. The van der Waals surface area contributed by atoms with Crippen LogP contribution in [-0.2, 0) is 4.79 Å². The van der Waals surface area contributed by atoms with Crippen LogP contribution in [0.2, 0.25) is 0 Å². The molecule has 4 rings (SSSR count). The number of Topliss-reactive ketones (excluding diaryl/α,β-unsaturated/α-hetero) is 1. The quantitative estimate of drug-likeness (QED) is 0.369. The fraction of sp³-hybridized carbons (Fsp3) is 0.966. The average Bonchev–Trinajstić information content (AvgIpc) is 3.04. The van der Waals surface area contributed by atoms with Gasteiger partial charge < -0.3 is 0 Å². The molecule has 0 bridgehead atoms. The van der Waals surface area contributed by atoms with Crippen LogP contribution >= 0.6 is 19.9 Å². The van der Waals surface area contributed by atoms with Crippen molar-refractivity contribution >= 4 is 25.7 Å². The van der Waals surface area contributed by atoms with Crippen molar-refractivity contribution in [1.82, 2.24) is 0 Å². The lowest BCUT2D eigenvalue weighted by atomic mass is 9.44. The van der Waals surface area contributed by atoms with Gasteiger partial charge in [-0.2, -0.15) is 9.24 Å². The number of hydrogen-bond donors (Lipinski definition) is 0. The Kier molecular flexibility index (Phi) is 7.20. The first-order chi connectivity index (χ1) is 14.9. The van der Waals surface area contributed by atoms with Crippen LogP contribution in [0.1, 0.15) is 105 Å². The first-order valence-corrected chi connectivity index (χ1v) is 17.2. The average molecular weight is 483 g/mol. The molecule has 0 N–H and O–H groups in total. The van der Waals surface area contributed by atoms with Gasteiger partial charge in [0.1, 0.15) is 5.78 Å². The third-order valence-electron chi connectivity index (χ3n) is 11.4. The van der Waals surface area contributed by atoms with Crippen molar-refractivity contribution in [3.8, 4) is 0 Å². The SMILES string of the molecule is CC(C)CCC[C@@H](C)[C@H]1CC[C@H]2[C@@H]3CC(=O)C4CC(S(C)(C)Cl)CC[C@]4(C)[C@H]3CC[C@]12C. The van der Waals surface area contributed by atoms with Crippen LogP contribution in [0.5, 0.6) is 0 Å². The summed E-state index contributed by atoms with van der Waals surface area (Å²) in [6, 6.07) is 0. The lowest BCUT2D eigenvalue weighted by molar-refractivity contribution is -0.154. The van der Waals surface area contributed by atoms with E-state index in [1.54, 1.807) is 0 Å². The van der Waals surface area contributed by atoms with Gasteiger partial charge in [0.2, 0.25) is 0 Å². The second-order valence-corrected chi connectivity index (χ2v) is 19.4. The van der Waals surface area contributed by atoms with Gasteiger partial charge in [-0.05, 0) is 104 Å². The van der Waals surface area contributed by atoms with Crippen molar-refractivity contribution in [2.45, 2.75) is 110 Å². The highest BCUT2D eigenvalue weighted by atomic mass is 35.7. The molecular weight excluding hydrogens is 432 g/mol. The summed E-state index contributed by atoms with van der Waals surface area (Å²) >= 11 is 0. The molecule has 2 unspecified atom stereocenters. The standard InChI is InChI=1S/C29H51ClOS/c1-19(2)9-8-10-20(3)23-11-12-24-22-18-27(31)26-17-21(32(6,7)30)13-15-29(26,5)25(22)14-16-28(23,24)4/h19-26H,8-18H2,1-7H3/t20-,21?,22+,23-,24+,25+,26?,28-,29-/m1/s1. The molecule has 9 atom stereocenters. The zero-order chi connectivity index (χ0) is 23.5. The minimum atomic E-state index is -1.09. The Balaban J connectivity index is 1.50. The molecule has 0 aromatic heterocycles. The van der Waals surface area contributed by atoms with Gasteiger partial charge in [-0.25, -0.2) is 0 Å². The predicted octanol–water partition coefficient (Wildman–Crippen LogP) is 8.87. The van der Waals surface area contributed by atoms with E-state index in [2.05, 4.69) is 47.1 Å². The highest BCUT2D eigenvalue weighted by Gasteiger charge is 2.62. The highest BCUT2D eigenvalue weighted by molar-refractivity contribution is 8.50. The van der Waals surface area contributed by atoms with E-state index in [1.165, 1.54) is 57.8 Å². The Labute approximate surface area is 205 Å². The van der Waals surface area contributed by atoms with E-state index >= 15 is 0 Å². The number of rotatable bonds is 6. The molecule has 1 nitrogen and oxygen atoms in total. The van der Waals surface area contributed by atoms with Gasteiger partial charge in [-0.3, -0.25) is 4.79 Å². The first kappa shape index (κ1) is 25.4. The van der Waals surface area contributed by atoms with Crippen LogP contribution in [0.3, 0.4) is 0 Å². The molecule has 4 saturated carbocycles. The van der Waals surface area contributed by atoms with Gasteiger partial charge in [0.25, 0.3) is 0 Å². The fourth-order valence-corrected chi connectivity index (χ4v) is 11.4. The number of halogens is 1. The van der Waals surface area contributed by atoms with Gasteiger partial charge in [0.15, 0.2) is 0 Å². The van der Waals surface area contributed by atoms with Gasteiger partial charge in [-0.1, -0.05) is 64.6 Å². The summed E-state index contributed by atoms with van der Waals surface area (Å²) in [6.07, 6.45) is 18.6. The van der Waals surface area contributed by atoms with Crippen LogP contribution in [0.25, 0.3) is 0 Å². The second-order valence-electron chi connectivity index (χ2n) is 13.8. The van der Waals surface area contributed by atoms with E-state index in [1.807, 2.05) is 0 Å².